The molecule has 1 N–H and O–H groups in total. The van der Waals surface area contributed by atoms with Gasteiger partial charge in [-0.05, 0) is 61.1 Å². The standard InChI is InChI=1S/C22H27FN2O3S/c1-15(2)17-5-7-19(8-6-17)29(27,28)25-12-10-18(11-13-25)22(26)24-21-9-4-16(3)14-20(21)23/h4-9,14-15,18H,10-13H2,1-3H3,(H,24,26). The number of carbonyl (C=O) groups is 1. The molecule has 2 aromatic rings. The summed E-state index contributed by atoms with van der Waals surface area (Å²) < 4.78 is 41.2. The zero-order valence-corrected chi connectivity index (χ0v) is 17.8. The third-order valence-corrected chi connectivity index (χ3v) is 7.30. The number of nitrogens with one attached hydrogen (secondary N) is 1. The third-order valence-electron chi connectivity index (χ3n) is 5.39. The Morgan fingerprint density at radius 2 is 1.72 bits per heavy atom. The predicted molar refractivity (Wildman–Crippen MR) is 112 cm³/mol. The lowest BCUT2D eigenvalue weighted by atomic mass is 9.97. The number of nitrogens with zero attached hydrogens (tertiary/aromatic N) is 1. The van der Waals surface area contributed by atoms with Crippen molar-refractivity contribution in [2.75, 3.05) is 18.4 Å². The van der Waals surface area contributed by atoms with Gasteiger partial charge in [0, 0.05) is 19.0 Å². The van der Waals surface area contributed by atoms with Crippen LogP contribution in [0.15, 0.2) is 47.4 Å². The minimum atomic E-state index is -3.58. The van der Waals surface area contributed by atoms with Crippen LogP contribution >= 0.6 is 0 Å². The van der Waals surface area contributed by atoms with Crippen molar-refractivity contribution in [3.63, 3.8) is 0 Å². The molecule has 1 aliphatic rings. The van der Waals surface area contributed by atoms with Gasteiger partial charge in [0.05, 0.1) is 10.6 Å². The lowest BCUT2D eigenvalue weighted by Gasteiger charge is -2.30. The van der Waals surface area contributed by atoms with Gasteiger partial charge in [-0.2, -0.15) is 4.31 Å². The number of piperidine rings is 1. The number of amides is 1. The van der Waals surface area contributed by atoms with E-state index in [1.54, 1.807) is 31.2 Å². The van der Waals surface area contributed by atoms with E-state index in [-0.39, 0.29) is 35.5 Å². The number of carbonyl (C=O) groups excluding carboxylic acids is 1. The molecule has 0 unspecified atom stereocenters. The maximum atomic E-state index is 14.0. The second-order valence-electron chi connectivity index (χ2n) is 7.87. The van der Waals surface area contributed by atoms with Crippen LogP contribution < -0.4 is 5.32 Å². The van der Waals surface area contributed by atoms with E-state index in [9.17, 15) is 17.6 Å². The molecule has 0 aliphatic carbocycles. The van der Waals surface area contributed by atoms with Gasteiger partial charge in [0.25, 0.3) is 0 Å². The van der Waals surface area contributed by atoms with Crippen LogP contribution in [0.4, 0.5) is 10.1 Å². The summed E-state index contributed by atoms with van der Waals surface area (Å²) in [6, 6.07) is 11.6. The highest BCUT2D eigenvalue weighted by Crippen LogP contribution is 2.26. The first-order valence-corrected chi connectivity index (χ1v) is 11.3. The van der Waals surface area contributed by atoms with Gasteiger partial charge in [-0.25, -0.2) is 12.8 Å². The van der Waals surface area contributed by atoms with Gasteiger partial charge in [-0.15, -0.1) is 0 Å². The van der Waals surface area contributed by atoms with E-state index in [4.69, 9.17) is 0 Å². The van der Waals surface area contributed by atoms with Crippen LogP contribution in [0.25, 0.3) is 0 Å². The van der Waals surface area contributed by atoms with E-state index >= 15 is 0 Å². The quantitative estimate of drug-likeness (QED) is 0.787. The second-order valence-corrected chi connectivity index (χ2v) is 9.81. The van der Waals surface area contributed by atoms with Crippen LogP contribution in [-0.4, -0.2) is 31.7 Å². The molecule has 2 aromatic carbocycles. The summed E-state index contributed by atoms with van der Waals surface area (Å²) in [5.41, 5.74) is 2.02. The Labute approximate surface area is 172 Å². The lowest BCUT2D eigenvalue weighted by Crippen LogP contribution is -2.41. The summed E-state index contributed by atoms with van der Waals surface area (Å²) in [6.45, 7) is 6.43. The molecule has 0 radical (unpaired) electrons. The van der Waals surface area contributed by atoms with Gasteiger partial charge in [0.1, 0.15) is 5.82 Å². The van der Waals surface area contributed by atoms with Crippen LogP contribution in [0.1, 0.15) is 43.7 Å². The maximum absolute atomic E-state index is 14.0. The average molecular weight is 419 g/mol. The summed E-state index contributed by atoms with van der Waals surface area (Å²) in [6.07, 6.45) is 0.811. The zero-order valence-electron chi connectivity index (χ0n) is 17.0. The molecule has 156 valence electrons. The van der Waals surface area contributed by atoms with Crippen molar-refractivity contribution in [2.24, 2.45) is 5.92 Å². The summed E-state index contributed by atoms with van der Waals surface area (Å²) in [5, 5.41) is 2.63. The second kappa shape index (κ2) is 8.63. The van der Waals surface area contributed by atoms with Crippen LogP contribution in [0.5, 0.6) is 0 Å². The van der Waals surface area contributed by atoms with Crippen LogP contribution in [0, 0.1) is 18.7 Å². The normalized spacial score (nSPS) is 16.2. The average Bonchev–Trinajstić information content (AvgIpc) is 2.70. The number of halogens is 1. The summed E-state index contributed by atoms with van der Waals surface area (Å²) in [4.78, 5) is 12.8. The largest absolute Gasteiger partial charge is 0.323 e. The van der Waals surface area contributed by atoms with Gasteiger partial charge < -0.3 is 5.32 Å². The van der Waals surface area contributed by atoms with E-state index < -0.39 is 15.8 Å². The smallest absolute Gasteiger partial charge is 0.243 e. The van der Waals surface area contributed by atoms with Crippen molar-refractivity contribution in [1.29, 1.82) is 0 Å². The van der Waals surface area contributed by atoms with Gasteiger partial charge in [0.2, 0.25) is 15.9 Å². The number of anilines is 1. The predicted octanol–water partition coefficient (Wildman–Crippen LogP) is 4.30. The molecule has 1 saturated heterocycles. The number of aryl methyl sites for hydroxylation is 1. The highest BCUT2D eigenvalue weighted by molar-refractivity contribution is 7.89. The van der Waals surface area contributed by atoms with Crippen molar-refractivity contribution in [3.05, 3.63) is 59.4 Å². The highest BCUT2D eigenvalue weighted by atomic mass is 32.2. The fourth-order valence-corrected chi connectivity index (χ4v) is 4.96. The Morgan fingerprint density at radius 1 is 1.10 bits per heavy atom. The fourth-order valence-electron chi connectivity index (χ4n) is 3.49. The Balaban J connectivity index is 1.62. The number of benzene rings is 2. The zero-order chi connectivity index (χ0) is 21.2. The van der Waals surface area contributed by atoms with Crippen molar-refractivity contribution in [3.8, 4) is 0 Å². The van der Waals surface area contributed by atoms with Crippen molar-refractivity contribution >= 4 is 21.6 Å². The van der Waals surface area contributed by atoms with E-state index in [0.717, 1.165) is 11.1 Å². The van der Waals surface area contributed by atoms with Crippen LogP contribution in [-0.2, 0) is 14.8 Å². The van der Waals surface area contributed by atoms with E-state index in [1.807, 2.05) is 12.1 Å². The first-order valence-electron chi connectivity index (χ1n) is 9.85. The van der Waals surface area contributed by atoms with Crippen molar-refractivity contribution < 1.29 is 17.6 Å². The van der Waals surface area contributed by atoms with E-state index in [2.05, 4.69) is 19.2 Å². The fraction of sp³-hybridized carbons (Fsp3) is 0.409. The van der Waals surface area contributed by atoms with E-state index in [0.29, 0.717) is 18.8 Å². The Hall–Kier alpha value is -2.25. The monoisotopic (exact) mass is 418 g/mol. The summed E-state index contributed by atoms with van der Waals surface area (Å²) >= 11 is 0. The van der Waals surface area contributed by atoms with Crippen molar-refractivity contribution in [1.82, 2.24) is 4.31 Å². The first-order chi connectivity index (χ1) is 13.7. The molecule has 1 aliphatic heterocycles. The van der Waals surface area contributed by atoms with Crippen LogP contribution in [0.2, 0.25) is 0 Å². The molecule has 0 atom stereocenters. The molecule has 0 aromatic heterocycles. The van der Waals surface area contributed by atoms with E-state index in [1.165, 1.54) is 10.4 Å². The molecular weight excluding hydrogens is 391 g/mol. The molecular formula is C22H27FN2O3S. The van der Waals surface area contributed by atoms with Gasteiger partial charge in [-0.1, -0.05) is 32.0 Å². The van der Waals surface area contributed by atoms with Crippen molar-refractivity contribution in [2.45, 2.75) is 44.4 Å². The first kappa shape index (κ1) is 21.5. The molecule has 7 heteroatoms. The third kappa shape index (κ3) is 4.85. The molecule has 29 heavy (non-hydrogen) atoms. The molecule has 5 nitrogen and oxygen atoms in total. The molecule has 1 heterocycles. The molecule has 3 rings (SSSR count). The summed E-state index contributed by atoms with van der Waals surface area (Å²) in [7, 11) is -3.58. The van der Waals surface area contributed by atoms with Crippen LogP contribution in [0.3, 0.4) is 0 Å². The highest BCUT2D eigenvalue weighted by Gasteiger charge is 2.32. The Bertz CT molecular complexity index is 980. The molecule has 1 fully saturated rings. The SMILES string of the molecule is Cc1ccc(NC(=O)C2CCN(S(=O)(=O)c3ccc(C(C)C)cc3)CC2)c(F)c1. The maximum Gasteiger partial charge on any atom is 0.243 e. The van der Waals surface area contributed by atoms with Gasteiger partial charge in [-0.3, -0.25) is 4.79 Å². The minimum absolute atomic E-state index is 0.154. The Morgan fingerprint density at radius 3 is 2.28 bits per heavy atom. The number of hydrogen-bond acceptors (Lipinski definition) is 3. The lowest BCUT2D eigenvalue weighted by molar-refractivity contribution is -0.120. The Kier molecular flexibility index (Phi) is 6.39. The number of hydrogen-bond donors (Lipinski definition) is 1. The molecule has 1 amide bonds. The summed E-state index contributed by atoms with van der Waals surface area (Å²) in [5.74, 6) is -0.751. The topological polar surface area (TPSA) is 66.5 Å². The number of rotatable bonds is 5. The molecule has 0 bridgehead atoms. The minimum Gasteiger partial charge on any atom is -0.323 e. The van der Waals surface area contributed by atoms with Gasteiger partial charge in [0.15, 0.2) is 0 Å². The molecule has 0 spiro atoms. The molecule has 0 saturated carbocycles. The van der Waals surface area contributed by atoms with Gasteiger partial charge >= 0.3 is 0 Å². The number of sulfonamides is 1.